The number of fused-ring (bicyclic) bond motifs is 1. The summed E-state index contributed by atoms with van der Waals surface area (Å²) in [5, 5.41) is 14.0. The lowest BCUT2D eigenvalue weighted by atomic mass is 10.1. The predicted molar refractivity (Wildman–Crippen MR) is 91.1 cm³/mol. The maximum atomic E-state index is 12.6. The number of H-pyrrole nitrogens is 1. The normalized spacial score (nSPS) is 12.2. The molecule has 2 aromatic heterocycles. The minimum atomic E-state index is -0.253. The van der Waals surface area contributed by atoms with Crippen molar-refractivity contribution in [2.24, 2.45) is 0 Å². The molecule has 124 valence electrons. The summed E-state index contributed by atoms with van der Waals surface area (Å²) in [6.45, 7) is 1.89. The van der Waals surface area contributed by atoms with Gasteiger partial charge in [-0.05, 0) is 47.7 Å². The molecule has 25 heavy (non-hydrogen) atoms. The zero-order valence-corrected chi connectivity index (χ0v) is 13.4. The molecule has 2 heterocycles. The maximum absolute atomic E-state index is 12.6. The van der Waals surface area contributed by atoms with Crippen molar-refractivity contribution in [3.63, 3.8) is 0 Å². The number of hydrogen-bond donors (Lipinski definition) is 2. The Morgan fingerprint density at radius 3 is 2.88 bits per heavy atom. The summed E-state index contributed by atoms with van der Waals surface area (Å²) >= 11 is 0. The highest BCUT2D eigenvalue weighted by Gasteiger charge is 2.15. The Labute approximate surface area is 142 Å². The fraction of sp³-hybridized carbons (Fsp3) is 0.118. The Kier molecular flexibility index (Phi) is 3.70. The van der Waals surface area contributed by atoms with Gasteiger partial charge in [0.1, 0.15) is 12.2 Å². The molecule has 0 saturated heterocycles. The zero-order valence-electron chi connectivity index (χ0n) is 13.4. The van der Waals surface area contributed by atoms with E-state index in [2.05, 4.69) is 30.8 Å². The lowest BCUT2D eigenvalue weighted by molar-refractivity contribution is 0.0938. The van der Waals surface area contributed by atoms with E-state index < -0.39 is 0 Å². The number of aromatic amines is 1. The summed E-state index contributed by atoms with van der Waals surface area (Å²) in [7, 11) is 0. The van der Waals surface area contributed by atoms with Crippen LogP contribution >= 0.6 is 0 Å². The van der Waals surface area contributed by atoms with E-state index in [4.69, 9.17) is 0 Å². The molecule has 8 heteroatoms. The highest BCUT2D eigenvalue weighted by Crippen LogP contribution is 2.16. The van der Waals surface area contributed by atoms with Gasteiger partial charge in [-0.1, -0.05) is 18.2 Å². The van der Waals surface area contributed by atoms with Crippen LogP contribution in [0.4, 0.5) is 0 Å². The number of imidazole rings is 1. The first-order valence-electron chi connectivity index (χ1n) is 7.79. The number of hydrogen-bond acceptors (Lipinski definition) is 5. The zero-order chi connectivity index (χ0) is 17.2. The van der Waals surface area contributed by atoms with Crippen LogP contribution in [-0.4, -0.2) is 36.1 Å². The van der Waals surface area contributed by atoms with Gasteiger partial charge < -0.3 is 10.3 Å². The van der Waals surface area contributed by atoms with Crippen molar-refractivity contribution >= 4 is 16.9 Å². The van der Waals surface area contributed by atoms with Gasteiger partial charge in [-0.25, -0.2) is 9.67 Å². The molecule has 0 saturated carbocycles. The number of aromatic nitrogens is 6. The van der Waals surface area contributed by atoms with Gasteiger partial charge in [-0.3, -0.25) is 4.79 Å². The van der Waals surface area contributed by atoms with Crippen molar-refractivity contribution < 1.29 is 4.79 Å². The molecule has 0 aliphatic carbocycles. The summed E-state index contributed by atoms with van der Waals surface area (Å²) in [5.41, 5.74) is 3.06. The van der Waals surface area contributed by atoms with E-state index >= 15 is 0 Å². The molecular formula is C17H15N7O. The molecular weight excluding hydrogens is 318 g/mol. The summed E-state index contributed by atoms with van der Waals surface area (Å²) in [4.78, 5) is 20.3. The molecule has 0 spiro atoms. The van der Waals surface area contributed by atoms with Crippen molar-refractivity contribution in [2.75, 3.05) is 0 Å². The SMILES string of the molecule is C[C@H](NC(=O)c1cccc(-n2cnnn2)c1)c1nc2ccccc2[nH]1. The molecule has 8 nitrogen and oxygen atoms in total. The van der Waals surface area contributed by atoms with Crippen LogP contribution in [0.15, 0.2) is 54.9 Å². The highest BCUT2D eigenvalue weighted by molar-refractivity contribution is 5.95. The molecule has 0 bridgehead atoms. The molecule has 1 atom stereocenters. The molecule has 0 aliphatic rings. The molecule has 4 aromatic rings. The quantitative estimate of drug-likeness (QED) is 0.595. The molecule has 0 radical (unpaired) electrons. The van der Waals surface area contributed by atoms with Gasteiger partial charge >= 0.3 is 0 Å². The second kappa shape index (κ2) is 6.16. The minimum Gasteiger partial charge on any atom is -0.342 e. The summed E-state index contributed by atoms with van der Waals surface area (Å²) in [5.74, 6) is 0.522. The van der Waals surface area contributed by atoms with E-state index in [1.165, 1.54) is 11.0 Å². The number of para-hydroxylation sites is 2. The van der Waals surface area contributed by atoms with Crippen molar-refractivity contribution in [1.29, 1.82) is 0 Å². The van der Waals surface area contributed by atoms with Crippen molar-refractivity contribution in [3.05, 3.63) is 66.2 Å². The Bertz CT molecular complexity index is 989. The minimum absolute atomic E-state index is 0.192. The van der Waals surface area contributed by atoms with E-state index in [-0.39, 0.29) is 11.9 Å². The Morgan fingerprint density at radius 2 is 2.08 bits per heavy atom. The lowest BCUT2D eigenvalue weighted by Crippen LogP contribution is -2.27. The number of tetrazole rings is 1. The monoisotopic (exact) mass is 333 g/mol. The number of amides is 1. The Hall–Kier alpha value is -3.55. The lowest BCUT2D eigenvalue weighted by Gasteiger charge is -2.12. The Balaban J connectivity index is 1.54. The average molecular weight is 333 g/mol. The standard InChI is InChI=1S/C17H15N7O/c1-11(16-20-14-7-2-3-8-15(14)21-16)19-17(25)12-5-4-6-13(9-12)24-10-18-22-23-24/h2-11H,1H3,(H,19,25)(H,20,21)/t11-/m0/s1. The van der Waals surface area contributed by atoms with Crippen molar-refractivity contribution in [1.82, 2.24) is 35.5 Å². The van der Waals surface area contributed by atoms with Crippen LogP contribution in [0.25, 0.3) is 16.7 Å². The van der Waals surface area contributed by atoms with Gasteiger partial charge in [0.05, 0.1) is 22.8 Å². The number of carbonyl (C=O) groups excluding carboxylic acids is 1. The number of benzene rings is 2. The first-order chi connectivity index (χ1) is 12.2. The third-order valence-electron chi connectivity index (χ3n) is 3.89. The topological polar surface area (TPSA) is 101 Å². The van der Waals surface area contributed by atoms with Crippen LogP contribution < -0.4 is 5.32 Å². The molecule has 1 amide bonds. The summed E-state index contributed by atoms with van der Waals surface area (Å²) in [6.07, 6.45) is 1.48. The molecule has 0 aliphatic heterocycles. The Morgan fingerprint density at radius 1 is 1.20 bits per heavy atom. The largest absolute Gasteiger partial charge is 0.342 e. The molecule has 0 fully saturated rings. The van der Waals surface area contributed by atoms with Crippen LogP contribution in [0.3, 0.4) is 0 Å². The highest BCUT2D eigenvalue weighted by atomic mass is 16.1. The average Bonchev–Trinajstić information content (AvgIpc) is 3.31. The second-order valence-electron chi connectivity index (χ2n) is 5.64. The van der Waals surface area contributed by atoms with Crippen LogP contribution in [0.5, 0.6) is 0 Å². The van der Waals surface area contributed by atoms with Crippen molar-refractivity contribution in [3.8, 4) is 5.69 Å². The van der Waals surface area contributed by atoms with Gasteiger partial charge in [0.2, 0.25) is 0 Å². The van der Waals surface area contributed by atoms with E-state index in [1.807, 2.05) is 37.3 Å². The summed E-state index contributed by atoms with van der Waals surface area (Å²) < 4.78 is 1.50. The first kappa shape index (κ1) is 15.0. The number of carbonyl (C=O) groups is 1. The van der Waals surface area contributed by atoms with Gasteiger partial charge in [-0.15, -0.1) is 5.10 Å². The van der Waals surface area contributed by atoms with E-state index in [0.717, 1.165) is 11.0 Å². The van der Waals surface area contributed by atoms with E-state index in [9.17, 15) is 4.79 Å². The van der Waals surface area contributed by atoms with Crippen LogP contribution in [0.2, 0.25) is 0 Å². The van der Waals surface area contributed by atoms with Gasteiger partial charge in [0.25, 0.3) is 5.91 Å². The van der Waals surface area contributed by atoms with Crippen molar-refractivity contribution in [2.45, 2.75) is 13.0 Å². The van der Waals surface area contributed by atoms with Crippen LogP contribution in [0.1, 0.15) is 29.1 Å². The second-order valence-corrected chi connectivity index (χ2v) is 5.64. The third-order valence-corrected chi connectivity index (χ3v) is 3.89. The molecule has 2 aromatic carbocycles. The fourth-order valence-electron chi connectivity index (χ4n) is 2.60. The van der Waals surface area contributed by atoms with Crippen LogP contribution in [0, 0.1) is 0 Å². The third kappa shape index (κ3) is 2.97. The number of nitrogens with zero attached hydrogens (tertiary/aromatic N) is 5. The molecule has 2 N–H and O–H groups in total. The smallest absolute Gasteiger partial charge is 0.251 e. The van der Waals surface area contributed by atoms with Crippen LogP contribution in [-0.2, 0) is 0 Å². The van der Waals surface area contributed by atoms with Gasteiger partial charge in [0, 0.05) is 5.56 Å². The van der Waals surface area contributed by atoms with Gasteiger partial charge in [-0.2, -0.15) is 0 Å². The van der Waals surface area contributed by atoms with E-state index in [0.29, 0.717) is 17.1 Å². The molecule has 0 unspecified atom stereocenters. The van der Waals surface area contributed by atoms with Gasteiger partial charge in [0.15, 0.2) is 0 Å². The number of nitrogens with one attached hydrogen (secondary N) is 2. The fourth-order valence-corrected chi connectivity index (χ4v) is 2.60. The summed E-state index contributed by atoms with van der Waals surface area (Å²) in [6, 6.07) is 14.6. The predicted octanol–water partition coefficient (Wildman–Crippen LogP) is 2.03. The maximum Gasteiger partial charge on any atom is 0.251 e. The number of rotatable bonds is 4. The first-order valence-corrected chi connectivity index (χ1v) is 7.79. The molecule has 4 rings (SSSR count). The van der Waals surface area contributed by atoms with E-state index in [1.54, 1.807) is 18.2 Å².